The Balaban J connectivity index is 1.63. The number of hydrogen-bond acceptors (Lipinski definition) is 5. The van der Waals surface area contributed by atoms with Gasteiger partial charge in [0.05, 0.1) is 25.2 Å². The second-order valence-corrected chi connectivity index (χ2v) is 7.83. The molecule has 2 aromatic carbocycles. The van der Waals surface area contributed by atoms with Crippen LogP contribution in [-0.2, 0) is 29.6 Å². The summed E-state index contributed by atoms with van der Waals surface area (Å²) >= 11 is 0. The van der Waals surface area contributed by atoms with Crippen molar-refractivity contribution in [2.24, 2.45) is 5.18 Å². The highest BCUT2D eigenvalue weighted by atomic mass is 16.5. The minimum absolute atomic E-state index is 0.0304. The first-order valence-corrected chi connectivity index (χ1v) is 9.86. The van der Waals surface area contributed by atoms with Gasteiger partial charge in [-0.2, -0.15) is 10.2 Å². The first-order valence-electron chi connectivity index (χ1n) is 9.86. The molecule has 0 bridgehead atoms. The maximum Gasteiger partial charge on any atom is 0.125 e. The average molecular weight is 376 g/mol. The van der Waals surface area contributed by atoms with E-state index < -0.39 is 11.6 Å². The van der Waals surface area contributed by atoms with Crippen molar-refractivity contribution in [2.75, 3.05) is 6.61 Å². The summed E-state index contributed by atoms with van der Waals surface area (Å²) in [6.45, 7) is -0.0304. The number of aliphatic hydroxyl groups is 1. The number of hydrogen-bond donors (Lipinski definition) is 1. The monoisotopic (exact) mass is 376 g/mol. The summed E-state index contributed by atoms with van der Waals surface area (Å²) in [7, 11) is 0. The molecule has 5 heteroatoms. The lowest BCUT2D eigenvalue weighted by molar-refractivity contribution is -0.156. The number of fused-ring (bicyclic) bond motifs is 2. The summed E-state index contributed by atoms with van der Waals surface area (Å²) < 4.78 is 6.29. The summed E-state index contributed by atoms with van der Waals surface area (Å²) in [6, 6.07) is 16.3. The van der Waals surface area contributed by atoms with Crippen molar-refractivity contribution < 1.29 is 9.84 Å². The van der Waals surface area contributed by atoms with E-state index in [0.717, 1.165) is 36.0 Å². The van der Waals surface area contributed by atoms with Gasteiger partial charge in [-0.1, -0.05) is 47.6 Å². The van der Waals surface area contributed by atoms with E-state index in [0.29, 0.717) is 19.3 Å². The van der Waals surface area contributed by atoms with Gasteiger partial charge in [0.15, 0.2) is 0 Å². The van der Waals surface area contributed by atoms with E-state index in [9.17, 15) is 10.0 Å². The largest absolute Gasteiger partial charge is 0.394 e. The van der Waals surface area contributed by atoms with E-state index in [1.807, 2.05) is 12.1 Å². The lowest BCUT2D eigenvalue weighted by atomic mass is 9.81. The number of aryl methyl sites for hydroxylation is 1. The van der Waals surface area contributed by atoms with Crippen LogP contribution in [0, 0.1) is 16.2 Å². The van der Waals surface area contributed by atoms with Gasteiger partial charge in [0.25, 0.3) is 0 Å². The first kappa shape index (κ1) is 18.8. The van der Waals surface area contributed by atoms with Crippen LogP contribution in [0.3, 0.4) is 0 Å². The van der Waals surface area contributed by atoms with Gasteiger partial charge in [-0.15, -0.1) is 0 Å². The number of rotatable bonds is 5. The lowest BCUT2D eigenvalue weighted by Crippen LogP contribution is -2.47. The molecule has 3 atom stereocenters. The molecule has 1 unspecified atom stereocenters. The van der Waals surface area contributed by atoms with Crippen molar-refractivity contribution in [3.63, 3.8) is 0 Å². The molecule has 0 amide bonds. The van der Waals surface area contributed by atoms with Gasteiger partial charge in [-0.05, 0) is 59.9 Å². The molecule has 28 heavy (non-hydrogen) atoms. The molecule has 4 rings (SSSR count). The first-order chi connectivity index (χ1) is 13.7. The van der Waals surface area contributed by atoms with E-state index in [2.05, 4.69) is 41.6 Å². The third kappa shape index (κ3) is 3.34. The number of aliphatic hydroxyl groups excluding tert-OH is 1. The number of nitroso groups, excluding NO2 is 1. The predicted molar refractivity (Wildman–Crippen MR) is 106 cm³/mol. The average Bonchev–Trinajstić information content (AvgIpc) is 3.08. The van der Waals surface area contributed by atoms with Crippen LogP contribution < -0.4 is 0 Å². The fraction of sp³-hybridized carbons (Fsp3) is 0.435. The molecule has 0 aromatic heterocycles. The molecule has 1 aliphatic carbocycles. The topological polar surface area (TPSA) is 82.7 Å². The van der Waals surface area contributed by atoms with E-state index in [1.165, 1.54) is 11.1 Å². The second kappa shape index (κ2) is 7.83. The van der Waals surface area contributed by atoms with Crippen LogP contribution in [0.5, 0.6) is 0 Å². The van der Waals surface area contributed by atoms with Gasteiger partial charge >= 0.3 is 0 Å². The highest BCUT2D eigenvalue weighted by Crippen LogP contribution is 2.49. The van der Waals surface area contributed by atoms with Crippen molar-refractivity contribution in [1.82, 2.24) is 0 Å². The SMILES string of the molecule is N#CCc1ccc(Cc2ccc3c(c2)[C@@]2(CC3)OC(CO)CC[C@@H]2N=O)cc1. The molecule has 144 valence electrons. The molecule has 0 saturated carbocycles. The number of nitrogens with zero attached hydrogens (tertiary/aromatic N) is 2. The molecule has 1 spiro atoms. The van der Waals surface area contributed by atoms with E-state index in [4.69, 9.17) is 10.00 Å². The van der Waals surface area contributed by atoms with Gasteiger partial charge in [0, 0.05) is 0 Å². The molecule has 2 aliphatic rings. The van der Waals surface area contributed by atoms with Crippen LogP contribution in [0.15, 0.2) is 47.6 Å². The Hall–Kier alpha value is -2.55. The third-order valence-corrected chi connectivity index (χ3v) is 6.12. The molecule has 1 fully saturated rings. The summed E-state index contributed by atoms with van der Waals surface area (Å²) in [5.74, 6) is 0. The van der Waals surface area contributed by atoms with Crippen molar-refractivity contribution in [3.05, 3.63) is 75.2 Å². The minimum atomic E-state index is -0.699. The normalized spacial score (nSPS) is 26.0. The van der Waals surface area contributed by atoms with Gasteiger partial charge in [0.2, 0.25) is 0 Å². The van der Waals surface area contributed by atoms with Gasteiger partial charge in [-0.25, -0.2) is 0 Å². The molecule has 0 radical (unpaired) electrons. The van der Waals surface area contributed by atoms with Gasteiger partial charge in [0.1, 0.15) is 11.6 Å². The zero-order chi connectivity index (χ0) is 19.6. The molecule has 1 saturated heterocycles. The molecule has 1 aliphatic heterocycles. The third-order valence-electron chi connectivity index (χ3n) is 6.12. The second-order valence-electron chi connectivity index (χ2n) is 7.83. The van der Waals surface area contributed by atoms with Crippen molar-refractivity contribution in [3.8, 4) is 6.07 Å². The summed E-state index contributed by atoms with van der Waals surface area (Å²) in [6.07, 6.45) is 3.88. The van der Waals surface area contributed by atoms with Gasteiger partial charge < -0.3 is 9.84 Å². The summed E-state index contributed by atoms with van der Waals surface area (Å²) in [4.78, 5) is 11.6. The van der Waals surface area contributed by atoms with Crippen LogP contribution in [0.2, 0.25) is 0 Å². The summed E-state index contributed by atoms with van der Waals surface area (Å²) in [5.41, 5.74) is 4.93. The molecule has 2 aromatic rings. The van der Waals surface area contributed by atoms with Crippen LogP contribution in [0.1, 0.15) is 47.1 Å². The van der Waals surface area contributed by atoms with Gasteiger partial charge in [-0.3, -0.25) is 0 Å². The van der Waals surface area contributed by atoms with E-state index in [1.54, 1.807) is 0 Å². The summed E-state index contributed by atoms with van der Waals surface area (Å²) in [5, 5.41) is 21.8. The van der Waals surface area contributed by atoms with E-state index >= 15 is 0 Å². The fourth-order valence-electron chi connectivity index (χ4n) is 4.65. The number of ether oxygens (including phenoxy) is 1. The Bertz CT molecular complexity index is 903. The van der Waals surface area contributed by atoms with Crippen LogP contribution >= 0.6 is 0 Å². The minimum Gasteiger partial charge on any atom is -0.394 e. The predicted octanol–water partition coefficient (Wildman–Crippen LogP) is 3.79. The van der Waals surface area contributed by atoms with E-state index in [-0.39, 0.29) is 12.7 Å². The number of nitriles is 1. The Morgan fingerprint density at radius 3 is 2.61 bits per heavy atom. The lowest BCUT2D eigenvalue weighted by Gasteiger charge is -2.42. The van der Waals surface area contributed by atoms with Crippen molar-refractivity contribution >= 4 is 0 Å². The zero-order valence-corrected chi connectivity index (χ0v) is 15.8. The Morgan fingerprint density at radius 1 is 1.14 bits per heavy atom. The smallest absolute Gasteiger partial charge is 0.125 e. The zero-order valence-electron chi connectivity index (χ0n) is 15.8. The molecule has 5 nitrogen and oxygen atoms in total. The Morgan fingerprint density at radius 2 is 1.89 bits per heavy atom. The maximum atomic E-state index is 11.6. The highest BCUT2D eigenvalue weighted by Gasteiger charge is 2.51. The molecular weight excluding hydrogens is 352 g/mol. The van der Waals surface area contributed by atoms with Crippen LogP contribution in [-0.4, -0.2) is 23.9 Å². The Labute approximate surface area is 164 Å². The standard InChI is InChI=1S/C23H24N2O3/c24-12-10-16-1-3-17(4-2-16)13-18-5-6-19-9-11-23(21(19)14-18)22(25-27)8-7-20(15-26)28-23/h1-6,14,20,22,26H,7-11,13,15H2/t20?,22-,23+/m0/s1. The van der Waals surface area contributed by atoms with Crippen LogP contribution in [0.25, 0.3) is 0 Å². The highest BCUT2D eigenvalue weighted by molar-refractivity contribution is 5.44. The van der Waals surface area contributed by atoms with Crippen molar-refractivity contribution in [1.29, 1.82) is 5.26 Å². The molecular formula is C23H24N2O3. The molecule has 1 heterocycles. The quantitative estimate of drug-likeness (QED) is 0.805. The maximum absolute atomic E-state index is 11.6. The molecule has 1 N–H and O–H groups in total. The fourth-order valence-corrected chi connectivity index (χ4v) is 4.65. The number of benzene rings is 2. The van der Waals surface area contributed by atoms with Crippen LogP contribution in [0.4, 0.5) is 0 Å². The van der Waals surface area contributed by atoms with Crippen molar-refractivity contribution in [2.45, 2.75) is 56.3 Å². The Kier molecular flexibility index (Phi) is 5.25.